The van der Waals surface area contributed by atoms with E-state index in [0.717, 1.165) is 35.6 Å². The molecule has 3 aromatic rings. The topological polar surface area (TPSA) is 76.1 Å². The second kappa shape index (κ2) is 7.87. The summed E-state index contributed by atoms with van der Waals surface area (Å²) in [6, 6.07) is 8.16. The lowest BCUT2D eigenvalue weighted by atomic mass is 9.92. The van der Waals surface area contributed by atoms with E-state index in [9.17, 15) is 9.18 Å². The summed E-state index contributed by atoms with van der Waals surface area (Å²) in [7, 11) is 0. The van der Waals surface area contributed by atoms with E-state index >= 15 is 0 Å². The first-order valence-corrected chi connectivity index (χ1v) is 11.2. The molecule has 4 heterocycles. The van der Waals surface area contributed by atoms with Crippen LogP contribution in [0.15, 0.2) is 59.3 Å². The van der Waals surface area contributed by atoms with E-state index in [-0.39, 0.29) is 5.91 Å². The number of halogens is 1. The van der Waals surface area contributed by atoms with Gasteiger partial charge in [-0.15, -0.1) is 11.3 Å². The minimum absolute atomic E-state index is 0.298. The molecular weight excluding hydrogens is 427 g/mol. The third-order valence-electron chi connectivity index (χ3n) is 5.50. The highest BCUT2D eigenvalue weighted by Gasteiger charge is 2.38. The van der Waals surface area contributed by atoms with Crippen LogP contribution in [0, 0.1) is 5.82 Å². The maximum atomic E-state index is 13.6. The number of hydrogen-bond donors (Lipinski definition) is 2. The number of benzene rings is 1. The molecule has 0 saturated heterocycles. The third kappa shape index (κ3) is 3.78. The fourth-order valence-corrected chi connectivity index (χ4v) is 4.58. The van der Waals surface area contributed by atoms with Gasteiger partial charge in [-0.25, -0.2) is 14.4 Å². The Morgan fingerprint density at radius 3 is 2.91 bits per heavy atom. The van der Waals surface area contributed by atoms with Crippen LogP contribution < -0.4 is 10.6 Å². The summed E-state index contributed by atoms with van der Waals surface area (Å²) in [4.78, 5) is 21.3. The Labute approximate surface area is 188 Å². The van der Waals surface area contributed by atoms with Crippen LogP contribution in [-0.2, 0) is 16.0 Å². The monoisotopic (exact) mass is 448 g/mol. The van der Waals surface area contributed by atoms with Crippen molar-refractivity contribution < 1.29 is 13.9 Å². The van der Waals surface area contributed by atoms with Crippen LogP contribution in [0.25, 0.3) is 11.1 Å². The van der Waals surface area contributed by atoms with Gasteiger partial charge < -0.3 is 15.4 Å². The molecule has 0 spiro atoms. The van der Waals surface area contributed by atoms with Gasteiger partial charge in [0.05, 0.1) is 22.5 Å². The molecule has 162 valence electrons. The Bertz CT molecular complexity index is 1260. The van der Waals surface area contributed by atoms with Crippen LogP contribution >= 0.6 is 11.3 Å². The second-order valence-corrected chi connectivity index (χ2v) is 8.86. The van der Waals surface area contributed by atoms with Crippen molar-refractivity contribution >= 4 is 39.9 Å². The van der Waals surface area contributed by atoms with E-state index < -0.39 is 11.4 Å². The molecule has 8 heteroatoms. The molecule has 2 aromatic heterocycles. The molecule has 0 atom stereocenters. The number of amides is 1. The van der Waals surface area contributed by atoms with Crippen LogP contribution in [0.4, 0.5) is 15.9 Å². The fraction of sp³-hybridized carbons (Fsp3) is 0.208. The molecule has 0 bridgehead atoms. The molecule has 0 aliphatic carbocycles. The number of thiazole rings is 1. The molecule has 6 nitrogen and oxygen atoms in total. The summed E-state index contributed by atoms with van der Waals surface area (Å²) in [5, 5.41) is 8.10. The van der Waals surface area contributed by atoms with E-state index in [0.29, 0.717) is 22.6 Å². The lowest BCUT2D eigenvalue weighted by Crippen LogP contribution is -2.21. The molecule has 5 rings (SSSR count). The van der Waals surface area contributed by atoms with Crippen molar-refractivity contribution in [2.24, 2.45) is 0 Å². The van der Waals surface area contributed by atoms with Crippen LogP contribution in [0.3, 0.4) is 0 Å². The van der Waals surface area contributed by atoms with Crippen LogP contribution in [0.5, 0.6) is 0 Å². The van der Waals surface area contributed by atoms with Gasteiger partial charge >= 0.3 is 0 Å². The number of nitrogens with zero attached hydrogens (tertiary/aromatic N) is 2. The predicted molar refractivity (Wildman–Crippen MR) is 124 cm³/mol. The van der Waals surface area contributed by atoms with Crippen molar-refractivity contribution in [1.29, 1.82) is 0 Å². The Morgan fingerprint density at radius 2 is 2.09 bits per heavy atom. The van der Waals surface area contributed by atoms with Crippen molar-refractivity contribution in [2.75, 3.05) is 17.2 Å². The van der Waals surface area contributed by atoms with Gasteiger partial charge in [0.25, 0.3) is 5.91 Å². The van der Waals surface area contributed by atoms with Gasteiger partial charge in [-0.2, -0.15) is 0 Å². The molecule has 2 aliphatic heterocycles. The lowest BCUT2D eigenvalue weighted by molar-refractivity contribution is -0.111. The van der Waals surface area contributed by atoms with E-state index in [2.05, 4.69) is 20.6 Å². The molecule has 32 heavy (non-hydrogen) atoms. The fourth-order valence-electron chi connectivity index (χ4n) is 3.98. The molecular formula is C24H21FN4O2S. The number of rotatable bonds is 5. The van der Waals surface area contributed by atoms with Crippen LogP contribution in [-0.4, -0.2) is 28.0 Å². The molecule has 0 fully saturated rings. The normalized spacial score (nSPS) is 18.7. The van der Waals surface area contributed by atoms with Crippen LogP contribution in [0.2, 0.25) is 0 Å². The zero-order valence-corrected chi connectivity index (χ0v) is 18.4. The third-order valence-corrected chi connectivity index (χ3v) is 6.14. The smallest absolute Gasteiger partial charge is 0.260 e. The van der Waals surface area contributed by atoms with Gasteiger partial charge in [0, 0.05) is 35.7 Å². The number of carbonyl (C=O) groups is 1. The highest BCUT2D eigenvalue weighted by molar-refractivity contribution is 7.07. The van der Waals surface area contributed by atoms with Gasteiger partial charge in [0.1, 0.15) is 23.0 Å². The Morgan fingerprint density at radius 1 is 1.22 bits per heavy atom. The number of anilines is 2. The average Bonchev–Trinajstić information content (AvgIpc) is 3.45. The van der Waals surface area contributed by atoms with Gasteiger partial charge in [-0.3, -0.25) is 4.79 Å². The summed E-state index contributed by atoms with van der Waals surface area (Å²) in [6.07, 6.45) is 4.46. The van der Waals surface area contributed by atoms with Crippen LogP contribution in [0.1, 0.15) is 30.7 Å². The zero-order chi connectivity index (χ0) is 22.3. The number of pyridine rings is 1. The number of allylic oxidation sites excluding steroid dienone is 1. The number of carbonyl (C=O) groups excluding carboxylic acids is 1. The van der Waals surface area contributed by atoms with Crippen molar-refractivity contribution in [1.82, 2.24) is 9.97 Å². The molecule has 1 amide bonds. The van der Waals surface area contributed by atoms with E-state index in [1.807, 2.05) is 42.9 Å². The van der Waals surface area contributed by atoms with Crippen molar-refractivity contribution in [3.8, 4) is 0 Å². The summed E-state index contributed by atoms with van der Waals surface area (Å²) in [5.41, 5.74) is 5.63. The highest BCUT2D eigenvalue weighted by Crippen LogP contribution is 2.44. The zero-order valence-electron chi connectivity index (χ0n) is 17.6. The summed E-state index contributed by atoms with van der Waals surface area (Å²) in [6.45, 7) is 4.64. The van der Waals surface area contributed by atoms with E-state index in [1.165, 1.54) is 12.1 Å². The van der Waals surface area contributed by atoms with E-state index in [4.69, 9.17) is 4.74 Å². The number of hydrogen-bond acceptors (Lipinski definition) is 6. The number of aromatic nitrogens is 2. The van der Waals surface area contributed by atoms with Gasteiger partial charge in [-0.1, -0.05) is 0 Å². The Kier molecular flexibility index (Phi) is 5.01. The maximum absolute atomic E-state index is 13.6. The van der Waals surface area contributed by atoms with Crippen molar-refractivity contribution in [3.63, 3.8) is 0 Å². The highest BCUT2D eigenvalue weighted by atomic mass is 32.1. The summed E-state index contributed by atoms with van der Waals surface area (Å²) in [5.74, 6) is 0.538. The Balaban J connectivity index is 1.44. The molecule has 0 unspecified atom stereocenters. The molecule has 2 N–H and O–H groups in total. The quantitative estimate of drug-likeness (QED) is 0.544. The SMILES string of the molecule is CC1(C)OC(=C2C(=O)Nc3cc(F)ccc32)C=C1c1ccnc(NCCc2cscn2)c1. The molecule has 0 saturated carbocycles. The van der Waals surface area contributed by atoms with Gasteiger partial charge in [-0.05, 0) is 55.8 Å². The first kappa shape index (κ1) is 20.4. The second-order valence-electron chi connectivity index (χ2n) is 8.14. The van der Waals surface area contributed by atoms with Gasteiger partial charge in [0.15, 0.2) is 0 Å². The lowest BCUT2D eigenvalue weighted by Gasteiger charge is -2.23. The number of fused-ring (bicyclic) bond motifs is 1. The Hall–Kier alpha value is -3.52. The minimum atomic E-state index is -0.648. The minimum Gasteiger partial charge on any atom is -0.482 e. The van der Waals surface area contributed by atoms with Crippen molar-refractivity contribution in [2.45, 2.75) is 25.9 Å². The van der Waals surface area contributed by atoms with E-state index in [1.54, 1.807) is 23.6 Å². The molecule has 2 aliphatic rings. The maximum Gasteiger partial charge on any atom is 0.260 e. The number of nitrogens with one attached hydrogen (secondary N) is 2. The van der Waals surface area contributed by atoms with Gasteiger partial charge in [0.2, 0.25) is 0 Å². The summed E-state index contributed by atoms with van der Waals surface area (Å²) < 4.78 is 19.8. The standard InChI is InChI=1S/C24H21FN4O2S/c1-24(2)18(14-5-7-26-21(9-14)27-8-6-16-12-32-13-28-16)11-20(31-24)22-17-4-3-15(25)10-19(17)29-23(22)30/h3-5,7,9-13H,6,8H2,1-2H3,(H,26,27)(H,29,30). The largest absolute Gasteiger partial charge is 0.482 e. The van der Waals surface area contributed by atoms with Crippen molar-refractivity contribution in [3.05, 3.63) is 81.9 Å². The molecule has 0 radical (unpaired) electrons. The summed E-state index contributed by atoms with van der Waals surface area (Å²) >= 11 is 1.58. The molecule has 1 aromatic carbocycles. The number of ether oxygens (including phenoxy) is 1. The first-order chi connectivity index (χ1) is 15.4. The predicted octanol–water partition coefficient (Wildman–Crippen LogP) is 4.89. The first-order valence-electron chi connectivity index (χ1n) is 10.2. The average molecular weight is 449 g/mol.